The molecule has 0 spiro atoms. The van der Waals surface area contributed by atoms with Gasteiger partial charge in [-0.15, -0.1) is 0 Å². The number of likely N-dealkylation sites (tertiary alicyclic amines) is 1. The molecule has 0 saturated carbocycles. The molecule has 1 heterocycles. The molecule has 1 aliphatic carbocycles. The lowest BCUT2D eigenvalue weighted by Gasteiger charge is -2.29. The Morgan fingerprint density at radius 3 is 2.49 bits per heavy atom. The summed E-state index contributed by atoms with van der Waals surface area (Å²) in [4.78, 5) is 16.6. The number of fused-ring (bicyclic) bond motifs is 1. The lowest BCUT2D eigenvalue weighted by atomic mass is 9.95. The largest absolute Gasteiger partial charge is 0.450 e. The number of rotatable bonds is 8. The highest BCUT2D eigenvalue weighted by molar-refractivity contribution is 7.85. The molecule has 1 aromatic rings. The van der Waals surface area contributed by atoms with Crippen LogP contribution in [0.1, 0.15) is 64.0 Å². The minimum absolute atomic E-state index is 0.149. The molecule has 7 nitrogen and oxygen atoms in total. The molecule has 0 radical (unpaired) electrons. The first-order valence-electron chi connectivity index (χ1n) is 13.5. The Labute approximate surface area is 240 Å². The fourth-order valence-corrected chi connectivity index (χ4v) is 4.66. The van der Waals surface area contributed by atoms with E-state index >= 15 is 0 Å². The van der Waals surface area contributed by atoms with E-state index in [2.05, 4.69) is 43.6 Å². The number of hydrogen-bond donors (Lipinski definition) is 0. The molecule has 0 N–H and O–H groups in total. The Bertz CT molecular complexity index is 1100. The number of halogens is 1. The summed E-state index contributed by atoms with van der Waals surface area (Å²) in [7, 11) is -1.66. The Balaban J connectivity index is 0.000000373. The Kier molecular flexibility index (Phi) is 16.7. The third kappa shape index (κ3) is 14.5. The number of aliphatic imine (C=N–C) groups is 1. The summed E-state index contributed by atoms with van der Waals surface area (Å²) in [6, 6.07) is 5.97. The zero-order valence-corrected chi connectivity index (χ0v) is 25.7. The fourth-order valence-electron chi connectivity index (χ4n) is 4.06. The van der Waals surface area contributed by atoms with Crippen molar-refractivity contribution >= 4 is 39.6 Å². The Morgan fingerprint density at radius 1 is 1.26 bits per heavy atom. The number of nitrogens with zero attached hydrogens (tertiary/aromatic N) is 2. The van der Waals surface area contributed by atoms with Gasteiger partial charge in [0.2, 0.25) is 0 Å². The third-order valence-electron chi connectivity index (χ3n) is 6.22. The summed E-state index contributed by atoms with van der Waals surface area (Å²) in [5, 5.41) is 0.719. The van der Waals surface area contributed by atoms with Gasteiger partial charge in [-0.05, 0) is 80.2 Å². The highest BCUT2D eigenvalue weighted by Gasteiger charge is 2.20. The summed E-state index contributed by atoms with van der Waals surface area (Å²) in [5.41, 5.74) is 4.90. The molecule has 0 unspecified atom stereocenters. The quantitative estimate of drug-likeness (QED) is 0.186. The van der Waals surface area contributed by atoms with Gasteiger partial charge < -0.3 is 9.64 Å². The van der Waals surface area contributed by atoms with E-state index in [-0.39, 0.29) is 12.7 Å². The monoisotopic (exact) mass is 580 g/mol. The van der Waals surface area contributed by atoms with E-state index in [0.717, 1.165) is 68.0 Å². The van der Waals surface area contributed by atoms with Gasteiger partial charge in [0.1, 0.15) is 0 Å². The molecule has 1 amide bonds. The topological polar surface area (TPSA) is 85.3 Å². The van der Waals surface area contributed by atoms with Gasteiger partial charge in [-0.1, -0.05) is 61.9 Å². The van der Waals surface area contributed by atoms with E-state index in [1.54, 1.807) is 24.2 Å². The van der Waals surface area contributed by atoms with Crippen molar-refractivity contribution in [1.29, 1.82) is 0 Å². The van der Waals surface area contributed by atoms with E-state index < -0.39 is 10.1 Å². The van der Waals surface area contributed by atoms with Crippen molar-refractivity contribution < 1.29 is 22.1 Å². The van der Waals surface area contributed by atoms with Crippen LogP contribution in [0, 0.1) is 5.92 Å². The predicted molar refractivity (Wildman–Crippen MR) is 163 cm³/mol. The van der Waals surface area contributed by atoms with Crippen molar-refractivity contribution in [3.05, 3.63) is 64.7 Å². The zero-order valence-electron chi connectivity index (χ0n) is 24.1. The molecule has 0 bridgehead atoms. The zero-order chi connectivity index (χ0) is 29.3. The average Bonchev–Trinajstić information content (AvgIpc) is 3.07. The first kappa shape index (κ1) is 34.6. The van der Waals surface area contributed by atoms with Crippen LogP contribution in [0.25, 0.3) is 5.57 Å². The van der Waals surface area contributed by atoms with Crippen LogP contribution in [0.15, 0.2) is 53.6 Å². The molecule has 1 aromatic carbocycles. The van der Waals surface area contributed by atoms with E-state index in [4.69, 9.17) is 20.5 Å². The van der Waals surface area contributed by atoms with Crippen molar-refractivity contribution in [2.24, 2.45) is 10.9 Å². The van der Waals surface area contributed by atoms with E-state index in [9.17, 15) is 13.2 Å². The number of allylic oxidation sites excluding steroid dienone is 5. The molecule has 3 rings (SSSR count). The van der Waals surface area contributed by atoms with Crippen molar-refractivity contribution in [3.8, 4) is 0 Å². The molecule has 218 valence electrons. The maximum atomic E-state index is 11.2. The van der Waals surface area contributed by atoms with Crippen LogP contribution in [-0.4, -0.2) is 65.2 Å². The molecule has 39 heavy (non-hydrogen) atoms. The molecule has 0 atom stereocenters. The number of hydrogen-bond acceptors (Lipinski definition) is 6. The molecule has 2 aliphatic rings. The van der Waals surface area contributed by atoms with Gasteiger partial charge in [0.05, 0.1) is 19.5 Å². The molecule has 1 fully saturated rings. The summed E-state index contributed by atoms with van der Waals surface area (Å²) in [6.07, 6.45) is 14.2. The number of carbonyl (C=O) groups excluding carboxylic acids is 1. The molecule has 0 aromatic heterocycles. The van der Waals surface area contributed by atoms with Gasteiger partial charge in [-0.3, -0.25) is 9.18 Å². The summed E-state index contributed by atoms with van der Waals surface area (Å²) < 4.78 is 31.8. The molecular formula is C30H45ClN2O5S. The highest BCUT2D eigenvalue weighted by Crippen LogP contribution is 2.31. The number of benzene rings is 1. The Hall–Kier alpha value is -2.42. The number of carbonyl (C=O) groups is 1. The summed E-state index contributed by atoms with van der Waals surface area (Å²) >= 11 is 6.14. The summed E-state index contributed by atoms with van der Waals surface area (Å²) in [6.45, 7) is 12.0. The van der Waals surface area contributed by atoms with Crippen LogP contribution in [0.3, 0.4) is 0 Å². The van der Waals surface area contributed by atoms with Crippen molar-refractivity contribution in [2.75, 3.05) is 39.6 Å². The van der Waals surface area contributed by atoms with Gasteiger partial charge in [0, 0.05) is 31.4 Å². The van der Waals surface area contributed by atoms with Crippen LogP contribution in [-0.2, 0) is 25.5 Å². The minimum Gasteiger partial charge on any atom is -0.450 e. The molecular weight excluding hydrogens is 536 g/mol. The second-order valence-corrected chi connectivity index (χ2v) is 11.5. The minimum atomic E-state index is -3.37. The van der Waals surface area contributed by atoms with Gasteiger partial charge in [0.25, 0.3) is 10.1 Å². The van der Waals surface area contributed by atoms with Gasteiger partial charge in [-0.2, -0.15) is 8.42 Å². The first-order valence-corrected chi connectivity index (χ1v) is 15.7. The molecule has 1 saturated heterocycles. The van der Waals surface area contributed by atoms with Crippen LogP contribution < -0.4 is 0 Å². The normalized spacial score (nSPS) is 15.5. The fraction of sp³-hybridized carbons (Fsp3) is 0.533. The van der Waals surface area contributed by atoms with Crippen molar-refractivity contribution in [1.82, 2.24) is 4.90 Å². The summed E-state index contributed by atoms with van der Waals surface area (Å²) in [5.74, 6) is 0.760. The molecule has 9 heteroatoms. The lowest BCUT2D eigenvalue weighted by molar-refractivity contribution is 0.0934. The Morgan fingerprint density at radius 2 is 1.95 bits per heavy atom. The van der Waals surface area contributed by atoms with Crippen LogP contribution in [0.5, 0.6) is 0 Å². The van der Waals surface area contributed by atoms with Crippen LogP contribution in [0.4, 0.5) is 4.79 Å². The van der Waals surface area contributed by atoms with E-state index in [0.29, 0.717) is 13.0 Å². The number of ether oxygens (including phenoxy) is 1. The standard InChI is InChI=1S/C17H21ClO3S.C9H17NO2.C4H7N/c1-3-13-6-7-14-8-9-16(18)12-17(14)15(11-13)5-4-10-21-22(2,19)20;1-3-12-9(11)10-6-4-8(2)5-7-10;1-3-4-5-2/h6,8-9,11-12H,3-5,7,10H2,1-2H3;8H,3-7H2,1-2H3;3-4H,1H2,2H3. The lowest BCUT2D eigenvalue weighted by Crippen LogP contribution is -2.38. The van der Waals surface area contributed by atoms with E-state index in [1.165, 1.54) is 16.7 Å². The third-order valence-corrected chi connectivity index (χ3v) is 7.05. The average molecular weight is 581 g/mol. The van der Waals surface area contributed by atoms with Crippen LogP contribution >= 0.6 is 11.6 Å². The maximum absolute atomic E-state index is 11.2. The number of amides is 1. The van der Waals surface area contributed by atoms with Gasteiger partial charge >= 0.3 is 6.09 Å². The van der Waals surface area contributed by atoms with Gasteiger partial charge in [0.15, 0.2) is 0 Å². The number of piperidine rings is 1. The second kappa shape index (κ2) is 18.8. The smallest absolute Gasteiger partial charge is 0.409 e. The second-order valence-electron chi connectivity index (χ2n) is 9.45. The maximum Gasteiger partial charge on any atom is 0.409 e. The first-order chi connectivity index (χ1) is 18.5. The highest BCUT2D eigenvalue weighted by atomic mass is 35.5. The predicted octanol–water partition coefficient (Wildman–Crippen LogP) is 7.12. The van der Waals surface area contributed by atoms with Gasteiger partial charge in [-0.25, -0.2) is 4.79 Å². The van der Waals surface area contributed by atoms with Crippen LogP contribution in [0.2, 0.25) is 5.02 Å². The van der Waals surface area contributed by atoms with E-state index in [1.807, 2.05) is 19.1 Å². The van der Waals surface area contributed by atoms with Crippen molar-refractivity contribution in [3.63, 3.8) is 0 Å². The molecule has 1 aliphatic heterocycles. The van der Waals surface area contributed by atoms with Crippen molar-refractivity contribution in [2.45, 2.75) is 59.3 Å². The SMILES string of the molecule is C=CC=NC.CCC1=CCc2ccc(Cl)cc2C(CCCOS(C)(=O)=O)=C1.CCOC(=O)N1CCC(C)CC1.